The molecule has 0 aliphatic carbocycles. The van der Waals surface area contributed by atoms with Gasteiger partial charge in [-0.1, -0.05) is 51.7 Å². The van der Waals surface area contributed by atoms with Gasteiger partial charge in [-0.15, -0.1) is 0 Å². The Morgan fingerprint density at radius 3 is 1.62 bits per heavy atom. The van der Waals surface area contributed by atoms with Crippen LogP contribution in [-0.2, 0) is 11.2 Å². The van der Waals surface area contributed by atoms with E-state index in [4.69, 9.17) is 14.2 Å². The maximum Gasteiger partial charge on any atom is 0.311 e. The molecule has 0 aliphatic heterocycles. The van der Waals surface area contributed by atoms with Gasteiger partial charge in [-0.25, -0.2) is 0 Å². The SMILES string of the molecule is CCCCCCC(=O)Oc1ccc(N=Nc2ccc(OCC)cc2)cc1.CCCCc1ccc(N=Cc2ccc(OCC)cc2)cc1. The van der Waals surface area contributed by atoms with Gasteiger partial charge in [-0.2, -0.15) is 10.2 Å². The first-order chi connectivity index (χ1) is 23.0. The molecular weight excluding hydrogens is 586 g/mol. The van der Waals surface area contributed by atoms with Crippen molar-refractivity contribution in [3.05, 3.63) is 108 Å². The number of carbonyl (C=O) groups is 1. The van der Waals surface area contributed by atoms with E-state index >= 15 is 0 Å². The average Bonchev–Trinajstić information content (AvgIpc) is 3.10. The minimum atomic E-state index is -0.190. The first-order valence-corrected chi connectivity index (χ1v) is 16.8. The molecule has 0 unspecified atom stereocenters. The smallest absolute Gasteiger partial charge is 0.311 e. The number of benzene rings is 4. The van der Waals surface area contributed by atoms with Gasteiger partial charge in [0, 0.05) is 12.6 Å². The fourth-order valence-electron chi connectivity index (χ4n) is 4.45. The fraction of sp³-hybridized carbons (Fsp3) is 0.350. The fourth-order valence-corrected chi connectivity index (χ4v) is 4.45. The minimum absolute atomic E-state index is 0.190. The Kier molecular flexibility index (Phi) is 17.1. The average molecular weight is 636 g/mol. The maximum atomic E-state index is 11.8. The van der Waals surface area contributed by atoms with Crippen molar-refractivity contribution in [1.82, 2.24) is 0 Å². The van der Waals surface area contributed by atoms with Crippen LogP contribution in [0.25, 0.3) is 0 Å². The number of carbonyl (C=O) groups excluding carboxylic acids is 1. The van der Waals surface area contributed by atoms with Crippen LogP contribution in [0.15, 0.2) is 112 Å². The second kappa shape index (κ2) is 21.9. The zero-order chi connectivity index (χ0) is 33.5. The molecule has 4 aromatic rings. The Hall–Kier alpha value is -4.78. The van der Waals surface area contributed by atoms with E-state index in [2.05, 4.69) is 53.3 Å². The van der Waals surface area contributed by atoms with Gasteiger partial charge in [0.05, 0.1) is 30.3 Å². The molecular formula is C40H49N3O4. The van der Waals surface area contributed by atoms with Crippen LogP contribution in [0.1, 0.15) is 83.8 Å². The maximum absolute atomic E-state index is 11.8. The quantitative estimate of drug-likeness (QED) is 0.0380. The van der Waals surface area contributed by atoms with E-state index in [0.717, 1.165) is 60.5 Å². The Bertz CT molecular complexity index is 1480. The second-order valence-electron chi connectivity index (χ2n) is 10.9. The van der Waals surface area contributed by atoms with Crippen LogP contribution in [0.3, 0.4) is 0 Å². The lowest BCUT2D eigenvalue weighted by atomic mass is 10.1. The highest BCUT2D eigenvalue weighted by Crippen LogP contribution is 2.23. The number of nitrogens with zero attached hydrogens (tertiary/aromatic N) is 3. The van der Waals surface area contributed by atoms with Gasteiger partial charge in [0.25, 0.3) is 0 Å². The van der Waals surface area contributed by atoms with E-state index in [1.54, 1.807) is 24.3 Å². The zero-order valence-corrected chi connectivity index (χ0v) is 28.4. The van der Waals surface area contributed by atoms with Crippen LogP contribution < -0.4 is 14.2 Å². The number of rotatable bonds is 17. The van der Waals surface area contributed by atoms with Crippen molar-refractivity contribution < 1.29 is 19.0 Å². The second-order valence-corrected chi connectivity index (χ2v) is 10.9. The number of esters is 1. The summed E-state index contributed by atoms with van der Waals surface area (Å²) in [6, 6.07) is 30.9. The van der Waals surface area contributed by atoms with E-state index in [1.807, 2.05) is 68.6 Å². The lowest BCUT2D eigenvalue weighted by molar-refractivity contribution is -0.134. The van der Waals surface area contributed by atoms with Crippen LogP contribution in [0.5, 0.6) is 17.2 Å². The molecule has 4 aromatic carbocycles. The van der Waals surface area contributed by atoms with Crippen LogP contribution in [0.2, 0.25) is 0 Å². The summed E-state index contributed by atoms with van der Waals surface area (Å²) >= 11 is 0. The summed E-state index contributed by atoms with van der Waals surface area (Å²) < 4.78 is 16.1. The highest BCUT2D eigenvalue weighted by atomic mass is 16.5. The third-order valence-electron chi connectivity index (χ3n) is 7.04. The summed E-state index contributed by atoms with van der Waals surface area (Å²) in [7, 11) is 0. The first kappa shape index (κ1) is 36.7. The topological polar surface area (TPSA) is 81.8 Å². The number of unbranched alkanes of at least 4 members (excludes halogenated alkanes) is 4. The van der Waals surface area contributed by atoms with Crippen molar-refractivity contribution in [3.8, 4) is 17.2 Å². The molecule has 4 rings (SSSR count). The Morgan fingerprint density at radius 2 is 1.09 bits per heavy atom. The number of hydrogen-bond donors (Lipinski definition) is 0. The Balaban J connectivity index is 0.000000261. The molecule has 0 fully saturated rings. The molecule has 0 bridgehead atoms. The van der Waals surface area contributed by atoms with Crippen molar-refractivity contribution in [3.63, 3.8) is 0 Å². The lowest BCUT2D eigenvalue weighted by Crippen LogP contribution is -2.07. The summed E-state index contributed by atoms with van der Waals surface area (Å²) in [5.74, 6) is 2.05. The Morgan fingerprint density at radius 1 is 0.574 bits per heavy atom. The molecule has 0 heterocycles. The van der Waals surface area contributed by atoms with E-state index in [-0.39, 0.29) is 5.97 Å². The van der Waals surface area contributed by atoms with E-state index in [9.17, 15) is 4.79 Å². The Labute approximate surface area is 280 Å². The molecule has 0 aliphatic rings. The largest absolute Gasteiger partial charge is 0.494 e. The summed E-state index contributed by atoms with van der Waals surface area (Å²) in [5.41, 5.74) is 4.90. The molecule has 0 amide bonds. The third kappa shape index (κ3) is 14.9. The molecule has 248 valence electrons. The van der Waals surface area contributed by atoms with E-state index in [0.29, 0.717) is 31.1 Å². The minimum Gasteiger partial charge on any atom is -0.494 e. The number of hydrogen-bond acceptors (Lipinski definition) is 7. The molecule has 7 nitrogen and oxygen atoms in total. The first-order valence-electron chi connectivity index (χ1n) is 16.8. The van der Waals surface area contributed by atoms with Gasteiger partial charge in [-0.3, -0.25) is 9.79 Å². The molecule has 0 N–H and O–H groups in total. The van der Waals surface area contributed by atoms with Gasteiger partial charge in [0.15, 0.2) is 0 Å². The van der Waals surface area contributed by atoms with Crippen molar-refractivity contribution in [1.29, 1.82) is 0 Å². The van der Waals surface area contributed by atoms with Gasteiger partial charge >= 0.3 is 5.97 Å². The number of ether oxygens (including phenoxy) is 3. The molecule has 0 aromatic heterocycles. The molecule has 0 spiro atoms. The summed E-state index contributed by atoms with van der Waals surface area (Å²) in [6.07, 6.45) is 10.2. The third-order valence-corrected chi connectivity index (χ3v) is 7.04. The van der Waals surface area contributed by atoms with Crippen molar-refractivity contribution in [2.45, 2.75) is 79.1 Å². The van der Waals surface area contributed by atoms with Crippen LogP contribution in [0.4, 0.5) is 17.1 Å². The highest BCUT2D eigenvalue weighted by Gasteiger charge is 2.05. The molecule has 0 saturated heterocycles. The lowest BCUT2D eigenvalue weighted by Gasteiger charge is -2.04. The summed E-state index contributed by atoms with van der Waals surface area (Å²) in [5, 5.41) is 8.37. The van der Waals surface area contributed by atoms with Gasteiger partial charge in [0.1, 0.15) is 17.2 Å². The van der Waals surface area contributed by atoms with Crippen LogP contribution in [-0.4, -0.2) is 25.4 Å². The molecule has 7 heteroatoms. The normalized spacial score (nSPS) is 10.9. The van der Waals surface area contributed by atoms with Crippen molar-refractivity contribution in [2.75, 3.05) is 13.2 Å². The van der Waals surface area contributed by atoms with Gasteiger partial charge in [-0.05, 0) is 129 Å². The number of azo groups is 1. The standard InChI is InChI=1S/C21H26N2O3.C19H23NO/c1-3-5-6-7-8-21(24)26-20-15-11-18(12-16-20)23-22-17-9-13-19(14-10-17)25-4-2;1-3-5-6-16-7-11-18(12-8-16)20-15-17-9-13-19(14-10-17)21-4-2/h9-16H,3-8H2,1-2H3;7-15H,3-6H2,1-2H3. The molecule has 0 saturated carbocycles. The number of aliphatic imine (C=N–C) groups is 1. The monoisotopic (exact) mass is 635 g/mol. The van der Waals surface area contributed by atoms with E-state index < -0.39 is 0 Å². The van der Waals surface area contributed by atoms with Gasteiger partial charge < -0.3 is 14.2 Å². The summed E-state index contributed by atoms with van der Waals surface area (Å²) in [6.45, 7) is 9.62. The van der Waals surface area contributed by atoms with Crippen molar-refractivity contribution in [2.24, 2.45) is 15.2 Å². The number of aryl methyl sites for hydroxylation is 1. The van der Waals surface area contributed by atoms with Crippen LogP contribution in [0, 0.1) is 0 Å². The molecule has 0 atom stereocenters. The van der Waals surface area contributed by atoms with E-state index in [1.165, 1.54) is 18.4 Å². The molecule has 47 heavy (non-hydrogen) atoms. The van der Waals surface area contributed by atoms with Crippen molar-refractivity contribution >= 4 is 29.2 Å². The predicted octanol–water partition coefficient (Wildman–Crippen LogP) is 11.6. The van der Waals surface area contributed by atoms with Crippen LogP contribution >= 0.6 is 0 Å². The molecule has 0 radical (unpaired) electrons. The van der Waals surface area contributed by atoms with Gasteiger partial charge in [0.2, 0.25) is 0 Å². The predicted molar refractivity (Wildman–Crippen MR) is 193 cm³/mol. The summed E-state index contributed by atoms with van der Waals surface area (Å²) in [4.78, 5) is 16.3. The zero-order valence-electron chi connectivity index (χ0n) is 28.4. The highest BCUT2D eigenvalue weighted by molar-refractivity contribution is 5.82.